The number of likely N-dealkylation sites (N-methyl/N-ethyl adjacent to an activating group) is 1. The molecule has 0 fully saturated rings. The molecule has 0 aliphatic carbocycles. The molecule has 6 heteroatoms. The second kappa shape index (κ2) is 6.96. The molecule has 1 amide bonds. The van der Waals surface area contributed by atoms with Crippen molar-refractivity contribution in [1.29, 1.82) is 0 Å². The highest BCUT2D eigenvalue weighted by Crippen LogP contribution is 2.24. The lowest BCUT2D eigenvalue weighted by molar-refractivity contribution is 0.0752. The first-order valence-electron chi connectivity index (χ1n) is 8.51. The Labute approximate surface area is 161 Å². The molecular formula is C20H19BrN4O. The van der Waals surface area contributed by atoms with Crippen molar-refractivity contribution in [2.45, 2.75) is 6.54 Å². The van der Waals surface area contributed by atoms with Gasteiger partial charge in [0.15, 0.2) is 0 Å². The number of para-hydroxylation sites is 1. The van der Waals surface area contributed by atoms with Gasteiger partial charge in [-0.25, -0.2) is 4.68 Å². The number of nitrogens with zero attached hydrogens (tertiary/aromatic N) is 4. The van der Waals surface area contributed by atoms with Gasteiger partial charge in [-0.05, 0) is 51.8 Å². The first kappa shape index (κ1) is 16.8. The van der Waals surface area contributed by atoms with Gasteiger partial charge in [0.2, 0.25) is 0 Å². The van der Waals surface area contributed by atoms with Crippen LogP contribution in [0.2, 0.25) is 0 Å². The molecule has 2 aromatic carbocycles. The zero-order chi connectivity index (χ0) is 18.1. The van der Waals surface area contributed by atoms with Crippen molar-refractivity contribution in [3.63, 3.8) is 0 Å². The van der Waals surface area contributed by atoms with Gasteiger partial charge in [0.1, 0.15) is 0 Å². The lowest BCUT2D eigenvalue weighted by Gasteiger charge is -2.21. The predicted molar refractivity (Wildman–Crippen MR) is 106 cm³/mol. The molecule has 0 saturated heterocycles. The number of hydrogen-bond donors (Lipinski definition) is 0. The molecule has 0 bridgehead atoms. The van der Waals surface area contributed by atoms with E-state index in [9.17, 15) is 4.79 Å². The molecule has 2 heterocycles. The number of aromatic nitrogens is 2. The van der Waals surface area contributed by atoms with Crippen LogP contribution in [0, 0.1) is 0 Å². The van der Waals surface area contributed by atoms with Gasteiger partial charge in [-0.1, -0.05) is 18.2 Å². The largest absolute Gasteiger partial charge is 0.373 e. The van der Waals surface area contributed by atoms with Crippen LogP contribution in [0.4, 0.5) is 5.69 Å². The minimum absolute atomic E-state index is 0.0586. The van der Waals surface area contributed by atoms with Crippen LogP contribution in [0.3, 0.4) is 0 Å². The Morgan fingerprint density at radius 2 is 1.85 bits per heavy atom. The van der Waals surface area contributed by atoms with Crippen LogP contribution >= 0.6 is 15.9 Å². The van der Waals surface area contributed by atoms with Gasteiger partial charge in [0, 0.05) is 44.1 Å². The van der Waals surface area contributed by atoms with E-state index in [1.807, 2.05) is 47.5 Å². The summed E-state index contributed by atoms with van der Waals surface area (Å²) in [5.41, 5.74) is 4.00. The van der Waals surface area contributed by atoms with Crippen LogP contribution < -0.4 is 4.90 Å². The summed E-state index contributed by atoms with van der Waals surface area (Å²) in [5, 5.41) is 4.27. The first-order chi connectivity index (χ1) is 12.6. The number of anilines is 1. The highest BCUT2D eigenvalue weighted by Gasteiger charge is 2.22. The Morgan fingerprint density at radius 1 is 1.08 bits per heavy atom. The second-order valence-corrected chi connectivity index (χ2v) is 7.34. The Balaban J connectivity index is 1.56. The molecule has 0 N–H and O–H groups in total. The molecule has 1 aromatic heterocycles. The molecule has 132 valence electrons. The lowest BCUT2D eigenvalue weighted by atomic mass is 10.1. The van der Waals surface area contributed by atoms with Crippen LogP contribution in [0.15, 0.2) is 65.4 Å². The van der Waals surface area contributed by atoms with Crippen molar-refractivity contribution >= 4 is 27.5 Å². The number of benzene rings is 2. The maximum atomic E-state index is 13.0. The number of hydrogen-bond acceptors (Lipinski definition) is 3. The van der Waals surface area contributed by atoms with Crippen LogP contribution in [0.25, 0.3) is 5.69 Å². The molecule has 26 heavy (non-hydrogen) atoms. The number of rotatable bonds is 2. The fraction of sp³-hybridized carbons (Fsp3) is 0.200. The molecule has 0 atom stereocenters. The molecule has 1 aliphatic rings. The highest BCUT2D eigenvalue weighted by atomic mass is 79.9. The van der Waals surface area contributed by atoms with Crippen LogP contribution in [0.1, 0.15) is 15.9 Å². The van der Waals surface area contributed by atoms with E-state index in [2.05, 4.69) is 45.1 Å². The van der Waals surface area contributed by atoms with Crippen LogP contribution in [-0.4, -0.2) is 40.7 Å². The molecule has 1 aliphatic heterocycles. The average Bonchev–Trinajstić information content (AvgIpc) is 3.03. The van der Waals surface area contributed by atoms with Gasteiger partial charge < -0.3 is 9.80 Å². The van der Waals surface area contributed by atoms with Gasteiger partial charge in [0.25, 0.3) is 5.91 Å². The fourth-order valence-corrected chi connectivity index (χ4v) is 3.53. The summed E-state index contributed by atoms with van der Waals surface area (Å²) in [4.78, 5) is 17.1. The summed E-state index contributed by atoms with van der Waals surface area (Å²) in [6.45, 7) is 2.16. The van der Waals surface area contributed by atoms with Crippen molar-refractivity contribution in [3.05, 3.63) is 76.5 Å². The molecule has 0 unspecified atom stereocenters. The number of carbonyl (C=O) groups excluding carboxylic acids is 1. The van der Waals surface area contributed by atoms with E-state index in [-0.39, 0.29) is 5.91 Å². The third-order valence-electron chi connectivity index (χ3n) is 4.69. The minimum Gasteiger partial charge on any atom is -0.373 e. The highest BCUT2D eigenvalue weighted by molar-refractivity contribution is 9.10. The summed E-state index contributed by atoms with van der Waals surface area (Å²) in [7, 11) is 2.07. The van der Waals surface area contributed by atoms with Crippen molar-refractivity contribution < 1.29 is 4.79 Å². The number of carbonyl (C=O) groups is 1. The molecule has 0 saturated carbocycles. The van der Waals surface area contributed by atoms with E-state index >= 15 is 0 Å². The molecule has 3 aromatic rings. The Kier molecular flexibility index (Phi) is 4.51. The molecule has 5 nitrogen and oxygen atoms in total. The molecule has 0 spiro atoms. The maximum Gasteiger partial charge on any atom is 0.254 e. The van der Waals surface area contributed by atoms with Crippen molar-refractivity contribution in [1.82, 2.24) is 14.7 Å². The van der Waals surface area contributed by atoms with E-state index < -0.39 is 0 Å². The average molecular weight is 411 g/mol. The second-order valence-electron chi connectivity index (χ2n) is 6.43. The Hall–Kier alpha value is -2.60. The maximum absolute atomic E-state index is 13.0. The zero-order valence-electron chi connectivity index (χ0n) is 14.5. The summed E-state index contributed by atoms with van der Waals surface area (Å²) in [6.07, 6.45) is 3.63. The minimum atomic E-state index is 0.0586. The molecular weight excluding hydrogens is 392 g/mol. The van der Waals surface area contributed by atoms with Gasteiger partial charge >= 0.3 is 0 Å². The quantitative estimate of drug-likeness (QED) is 0.646. The topological polar surface area (TPSA) is 41.4 Å². The van der Waals surface area contributed by atoms with E-state index in [0.717, 1.165) is 16.7 Å². The summed E-state index contributed by atoms with van der Waals surface area (Å²) >= 11 is 3.40. The van der Waals surface area contributed by atoms with E-state index in [1.165, 1.54) is 11.3 Å². The third kappa shape index (κ3) is 3.24. The fourth-order valence-electron chi connectivity index (χ4n) is 3.25. The normalized spacial score (nSPS) is 14.1. The van der Waals surface area contributed by atoms with Crippen LogP contribution in [0.5, 0.6) is 0 Å². The number of halogens is 1. The molecule has 4 rings (SSSR count). The number of fused-ring (bicyclic) bond motifs is 1. The molecule has 0 radical (unpaired) electrons. The zero-order valence-corrected chi connectivity index (χ0v) is 16.1. The summed E-state index contributed by atoms with van der Waals surface area (Å²) in [5.74, 6) is 0.0586. The van der Waals surface area contributed by atoms with E-state index in [0.29, 0.717) is 18.7 Å². The van der Waals surface area contributed by atoms with Gasteiger partial charge in [-0.2, -0.15) is 5.10 Å². The monoisotopic (exact) mass is 410 g/mol. The lowest BCUT2D eigenvalue weighted by Crippen LogP contribution is -2.34. The Bertz CT molecular complexity index is 935. The SMILES string of the molecule is CN1CCN(C(=O)c2ccc(-n3cc(Br)cn3)cc2)Cc2ccccc21. The van der Waals surface area contributed by atoms with Crippen molar-refractivity contribution in [2.24, 2.45) is 0 Å². The van der Waals surface area contributed by atoms with Crippen molar-refractivity contribution in [3.8, 4) is 5.69 Å². The summed E-state index contributed by atoms with van der Waals surface area (Å²) < 4.78 is 2.69. The van der Waals surface area contributed by atoms with Gasteiger partial charge in [-0.15, -0.1) is 0 Å². The van der Waals surface area contributed by atoms with E-state index in [4.69, 9.17) is 0 Å². The summed E-state index contributed by atoms with van der Waals surface area (Å²) in [6, 6.07) is 15.9. The predicted octanol–water partition coefficient (Wildman–Crippen LogP) is 3.73. The van der Waals surface area contributed by atoms with Gasteiger partial charge in [-0.3, -0.25) is 4.79 Å². The Morgan fingerprint density at radius 3 is 2.58 bits per heavy atom. The smallest absolute Gasteiger partial charge is 0.254 e. The third-order valence-corrected chi connectivity index (χ3v) is 5.10. The number of amides is 1. The standard InChI is InChI=1S/C20H19BrN4O/c1-23-10-11-24(13-16-4-2-3-5-19(16)23)20(26)15-6-8-18(9-7-15)25-14-17(21)12-22-25/h2-9,12,14H,10-11,13H2,1H3. The van der Waals surface area contributed by atoms with Crippen molar-refractivity contribution in [2.75, 3.05) is 25.0 Å². The van der Waals surface area contributed by atoms with E-state index in [1.54, 1.807) is 10.9 Å². The van der Waals surface area contributed by atoms with Crippen LogP contribution in [-0.2, 0) is 6.54 Å². The first-order valence-corrected chi connectivity index (χ1v) is 9.30. The van der Waals surface area contributed by atoms with Gasteiger partial charge in [0.05, 0.1) is 16.4 Å².